The van der Waals surface area contributed by atoms with E-state index in [-0.39, 0.29) is 15.3 Å². The van der Waals surface area contributed by atoms with E-state index in [1.54, 1.807) is 0 Å². The minimum atomic E-state index is 0.108. The van der Waals surface area contributed by atoms with Crippen molar-refractivity contribution in [2.24, 2.45) is 0 Å². The molecule has 1 rings (SSSR count). The number of nitrogens with one attached hydrogen (secondary N) is 1. The van der Waals surface area contributed by atoms with E-state index >= 15 is 0 Å². The second kappa shape index (κ2) is 3.94. The van der Waals surface area contributed by atoms with Gasteiger partial charge in [-0.25, -0.2) is 4.98 Å². The van der Waals surface area contributed by atoms with E-state index in [4.69, 9.17) is 34.8 Å². The largest absolute Gasteiger partial charge is 0.326 e. The summed E-state index contributed by atoms with van der Waals surface area (Å²) in [6, 6.07) is 1.42. The number of pyridine rings is 1. The molecule has 0 unspecified atom stereocenters. The standard InChI is InChI=1S/C6H3Cl3N2O/c7-3-1-4(10-2-12)6(9)11-5(3)8/h1-2H,(H,10,12). The first-order chi connectivity index (χ1) is 5.65. The second-order valence-corrected chi connectivity index (χ2v) is 2.98. The van der Waals surface area contributed by atoms with Gasteiger partial charge in [0.1, 0.15) is 5.15 Å². The van der Waals surface area contributed by atoms with Crippen LogP contribution in [-0.4, -0.2) is 11.4 Å². The molecular formula is C6H3Cl3N2O. The molecule has 0 saturated heterocycles. The van der Waals surface area contributed by atoms with Gasteiger partial charge < -0.3 is 5.32 Å². The smallest absolute Gasteiger partial charge is 0.211 e. The fourth-order valence-electron chi connectivity index (χ4n) is 0.610. The lowest BCUT2D eigenvalue weighted by Crippen LogP contribution is -1.96. The summed E-state index contributed by atoms with van der Waals surface area (Å²) in [7, 11) is 0. The van der Waals surface area contributed by atoms with Crippen molar-refractivity contribution < 1.29 is 4.79 Å². The van der Waals surface area contributed by atoms with Crippen LogP contribution in [0.1, 0.15) is 0 Å². The number of halogens is 3. The summed E-state index contributed by atoms with van der Waals surface area (Å²) in [4.78, 5) is 13.7. The fraction of sp³-hybridized carbons (Fsp3) is 0. The lowest BCUT2D eigenvalue weighted by molar-refractivity contribution is -0.105. The molecule has 1 heterocycles. The minimum Gasteiger partial charge on any atom is -0.326 e. The zero-order valence-corrected chi connectivity index (χ0v) is 7.91. The molecule has 0 bridgehead atoms. The van der Waals surface area contributed by atoms with E-state index in [1.807, 2.05) is 0 Å². The van der Waals surface area contributed by atoms with Crippen LogP contribution >= 0.6 is 34.8 Å². The number of amides is 1. The summed E-state index contributed by atoms with van der Waals surface area (Å²) in [5.41, 5.74) is 0.334. The first-order valence-corrected chi connectivity index (χ1v) is 4.00. The predicted molar refractivity (Wildman–Crippen MR) is 49.0 cm³/mol. The number of anilines is 1. The van der Waals surface area contributed by atoms with Gasteiger partial charge in [0.15, 0.2) is 5.15 Å². The number of nitrogens with zero attached hydrogens (tertiary/aromatic N) is 1. The van der Waals surface area contributed by atoms with Gasteiger partial charge in [-0.15, -0.1) is 0 Å². The van der Waals surface area contributed by atoms with Crippen molar-refractivity contribution in [3.8, 4) is 0 Å². The SMILES string of the molecule is O=CNc1cc(Cl)c(Cl)nc1Cl. The van der Waals surface area contributed by atoms with Crippen LogP contribution in [0.15, 0.2) is 6.07 Å². The molecule has 1 N–H and O–H groups in total. The molecule has 12 heavy (non-hydrogen) atoms. The number of rotatable bonds is 2. The van der Waals surface area contributed by atoms with E-state index in [0.717, 1.165) is 0 Å². The average molecular weight is 225 g/mol. The van der Waals surface area contributed by atoms with Crippen LogP contribution in [0.4, 0.5) is 5.69 Å². The Balaban J connectivity index is 3.13. The maximum Gasteiger partial charge on any atom is 0.211 e. The van der Waals surface area contributed by atoms with Crippen molar-refractivity contribution in [1.29, 1.82) is 0 Å². The third kappa shape index (κ3) is 2.00. The normalized spacial score (nSPS) is 9.58. The van der Waals surface area contributed by atoms with Crippen molar-refractivity contribution in [2.75, 3.05) is 5.32 Å². The van der Waals surface area contributed by atoms with Crippen molar-refractivity contribution in [3.05, 3.63) is 21.4 Å². The summed E-state index contributed by atoms with van der Waals surface area (Å²) >= 11 is 16.8. The Morgan fingerprint density at radius 1 is 1.33 bits per heavy atom. The highest BCUT2D eigenvalue weighted by molar-refractivity contribution is 6.42. The maximum atomic E-state index is 10.0. The summed E-state index contributed by atoms with van der Waals surface area (Å²) in [6.45, 7) is 0. The van der Waals surface area contributed by atoms with Crippen LogP contribution in [0, 0.1) is 0 Å². The molecule has 1 amide bonds. The van der Waals surface area contributed by atoms with Gasteiger partial charge in [-0.1, -0.05) is 34.8 Å². The van der Waals surface area contributed by atoms with Crippen LogP contribution in [0.2, 0.25) is 15.3 Å². The number of carbonyl (C=O) groups excluding carboxylic acids is 1. The number of carbonyl (C=O) groups is 1. The zero-order chi connectivity index (χ0) is 9.14. The van der Waals surface area contributed by atoms with Gasteiger partial charge in [0.25, 0.3) is 0 Å². The van der Waals surface area contributed by atoms with Crippen LogP contribution in [-0.2, 0) is 4.79 Å². The third-order valence-electron chi connectivity index (χ3n) is 1.10. The highest BCUT2D eigenvalue weighted by atomic mass is 35.5. The highest BCUT2D eigenvalue weighted by Gasteiger charge is 2.05. The molecule has 0 spiro atoms. The van der Waals surface area contributed by atoms with Gasteiger partial charge in [-0.2, -0.15) is 0 Å². The van der Waals surface area contributed by atoms with Crippen LogP contribution < -0.4 is 5.32 Å². The van der Waals surface area contributed by atoms with Gasteiger partial charge in [0, 0.05) is 0 Å². The average Bonchev–Trinajstić information content (AvgIpc) is 2.01. The Labute approximate surface area is 83.6 Å². The fourth-order valence-corrected chi connectivity index (χ4v) is 1.14. The second-order valence-electron chi connectivity index (χ2n) is 1.86. The number of hydrogen-bond acceptors (Lipinski definition) is 2. The molecular weight excluding hydrogens is 222 g/mol. The molecule has 0 fully saturated rings. The molecule has 64 valence electrons. The van der Waals surface area contributed by atoms with Crippen molar-refractivity contribution in [2.45, 2.75) is 0 Å². The number of aromatic nitrogens is 1. The van der Waals surface area contributed by atoms with E-state index in [2.05, 4.69) is 10.3 Å². The highest BCUT2D eigenvalue weighted by Crippen LogP contribution is 2.28. The molecule has 0 saturated carbocycles. The molecule has 0 aliphatic rings. The van der Waals surface area contributed by atoms with Gasteiger partial charge in [0.05, 0.1) is 10.7 Å². The molecule has 0 atom stereocenters. The van der Waals surface area contributed by atoms with Crippen LogP contribution in [0.5, 0.6) is 0 Å². The molecule has 3 nitrogen and oxygen atoms in total. The first-order valence-electron chi connectivity index (χ1n) is 2.87. The molecule has 0 aliphatic heterocycles. The number of hydrogen-bond donors (Lipinski definition) is 1. The van der Waals surface area contributed by atoms with E-state index in [9.17, 15) is 4.79 Å². The molecule has 0 aliphatic carbocycles. The molecule has 1 aromatic heterocycles. The summed E-state index contributed by atoms with van der Waals surface area (Å²) in [5.74, 6) is 0. The topological polar surface area (TPSA) is 42.0 Å². The Hall–Kier alpha value is -0.510. The zero-order valence-electron chi connectivity index (χ0n) is 5.64. The minimum absolute atomic E-state index is 0.108. The van der Waals surface area contributed by atoms with E-state index in [0.29, 0.717) is 12.1 Å². The Morgan fingerprint density at radius 2 is 2.00 bits per heavy atom. The third-order valence-corrected chi connectivity index (χ3v) is 2.06. The summed E-state index contributed by atoms with van der Waals surface area (Å²) in [6.07, 6.45) is 0.479. The van der Waals surface area contributed by atoms with Gasteiger partial charge in [0.2, 0.25) is 6.41 Å². The van der Waals surface area contributed by atoms with Crippen molar-refractivity contribution in [3.63, 3.8) is 0 Å². The Kier molecular flexibility index (Phi) is 3.14. The van der Waals surface area contributed by atoms with Gasteiger partial charge in [-0.05, 0) is 6.07 Å². The Morgan fingerprint density at radius 3 is 2.58 bits per heavy atom. The predicted octanol–water partition coefficient (Wildman–Crippen LogP) is 2.61. The molecule has 1 aromatic rings. The van der Waals surface area contributed by atoms with E-state index < -0.39 is 0 Å². The lowest BCUT2D eigenvalue weighted by atomic mass is 10.4. The molecule has 0 radical (unpaired) electrons. The molecule has 6 heteroatoms. The first kappa shape index (κ1) is 9.58. The van der Waals surface area contributed by atoms with Gasteiger partial charge >= 0.3 is 0 Å². The summed E-state index contributed by atoms with van der Waals surface area (Å²) in [5, 5.41) is 2.78. The van der Waals surface area contributed by atoms with Crippen LogP contribution in [0.25, 0.3) is 0 Å². The van der Waals surface area contributed by atoms with Crippen molar-refractivity contribution >= 4 is 46.9 Å². The van der Waals surface area contributed by atoms with Crippen molar-refractivity contribution in [1.82, 2.24) is 4.98 Å². The monoisotopic (exact) mass is 224 g/mol. The lowest BCUT2D eigenvalue weighted by Gasteiger charge is -2.02. The quantitative estimate of drug-likeness (QED) is 0.621. The summed E-state index contributed by atoms with van der Waals surface area (Å²) < 4.78 is 0. The Bertz CT molecular complexity index is 316. The molecule has 0 aromatic carbocycles. The van der Waals surface area contributed by atoms with Gasteiger partial charge in [-0.3, -0.25) is 4.79 Å². The van der Waals surface area contributed by atoms with Crippen LogP contribution in [0.3, 0.4) is 0 Å². The maximum absolute atomic E-state index is 10.0. The van der Waals surface area contributed by atoms with E-state index in [1.165, 1.54) is 6.07 Å².